The number of nitrogens with zero attached hydrogens (tertiary/aromatic N) is 5. The van der Waals surface area contributed by atoms with E-state index in [1.807, 2.05) is 0 Å². The largest absolute Gasteiger partial charge is 0.386 e. The van der Waals surface area contributed by atoms with Crippen LogP contribution >= 0.6 is 0 Å². The molecule has 168 valence electrons. The Morgan fingerprint density at radius 1 is 1.00 bits per heavy atom. The Bertz CT molecular complexity index is 1090. The Hall–Kier alpha value is -3.09. The molecule has 1 aromatic heterocycles. The topological polar surface area (TPSA) is 82.1 Å². The SMILES string of the molecule is C=C(N)N1CCCC(Nc2nc(-c3ccc(N4CCCCC4)cc3)cc3c2=NCCN=3)C1. The molecule has 0 radical (unpaired) electrons. The first-order chi connectivity index (χ1) is 15.7. The number of hydrogen-bond acceptors (Lipinski definition) is 7. The van der Waals surface area contributed by atoms with Gasteiger partial charge in [-0.25, -0.2) is 4.98 Å². The van der Waals surface area contributed by atoms with Crippen molar-refractivity contribution in [3.8, 4) is 11.3 Å². The van der Waals surface area contributed by atoms with Gasteiger partial charge in [0.25, 0.3) is 0 Å². The zero-order valence-corrected chi connectivity index (χ0v) is 18.8. The Morgan fingerprint density at radius 3 is 2.56 bits per heavy atom. The summed E-state index contributed by atoms with van der Waals surface area (Å²) in [4.78, 5) is 19.1. The minimum atomic E-state index is 0.259. The van der Waals surface area contributed by atoms with Gasteiger partial charge in [0.15, 0.2) is 5.82 Å². The Labute approximate surface area is 189 Å². The second-order valence-electron chi connectivity index (χ2n) is 9.00. The van der Waals surface area contributed by atoms with Crippen LogP contribution in [-0.4, -0.2) is 55.2 Å². The van der Waals surface area contributed by atoms with E-state index in [9.17, 15) is 0 Å². The van der Waals surface area contributed by atoms with Crippen molar-refractivity contribution in [1.29, 1.82) is 0 Å². The number of pyridine rings is 1. The molecule has 1 unspecified atom stereocenters. The summed E-state index contributed by atoms with van der Waals surface area (Å²) < 4.78 is 0. The molecule has 2 fully saturated rings. The number of piperidine rings is 2. The van der Waals surface area contributed by atoms with Crippen molar-refractivity contribution in [2.45, 2.75) is 38.1 Å². The number of hydrogen-bond donors (Lipinski definition) is 2. The number of benzene rings is 1. The van der Waals surface area contributed by atoms with E-state index in [4.69, 9.17) is 20.7 Å². The number of aromatic nitrogens is 1. The summed E-state index contributed by atoms with van der Waals surface area (Å²) in [6.45, 7) is 9.44. The summed E-state index contributed by atoms with van der Waals surface area (Å²) in [5.41, 5.74) is 9.30. The molecule has 3 N–H and O–H groups in total. The summed E-state index contributed by atoms with van der Waals surface area (Å²) in [7, 11) is 0. The summed E-state index contributed by atoms with van der Waals surface area (Å²) >= 11 is 0. The van der Waals surface area contributed by atoms with Gasteiger partial charge in [-0.3, -0.25) is 9.98 Å². The number of fused-ring (bicyclic) bond motifs is 1. The van der Waals surface area contributed by atoms with Crippen LogP contribution in [0.1, 0.15) is 32.1 Å². The van der Waals surface area contributed by atoms with Crippen molar-refractivity contribution in [3.05, 3.63) is 53.4 Å². The van der Waals surface area contributed by atoms with Gasteiger partial charge in [0.2, 0.25) is 0 Å². The lowest BCUT2D eigenvalue weighted by Gasteiger charge is -2.34. The second kappa shape index (κ2) is 9.18. The van der Waals surface area contributed by atoms with Gasteiger partial charge in [-0.2, -0.15) is 0 Å². The molecule has 0 saturated carbocycles. The van der Waals surface area contributed by atoms with Crippen LogP contribution < -0.4 is 26.7 Å². The molecule has 1 aromatic carbocycles. The third kappa shape index (κ3) is 4.42. The van der Waals surface area contributed by atoms with E-state index in [0.29, 0.717) is 12.4 Å². The summed E-state index contributed by atoms with van der Waals surface area (Å²) in [5, 5.41) is 5.47. The highest BCUT2D eigenvalue weighted by Crippen LogP contribution is 2.24. The molecule has 0 amide bonds. The monoisotopic (exact) mass is 431 g/mol. The Morgan fingerprint density at radius 2 is 1.78 bits per heavy atom. The summed E-state index contributed by atoms with van der Waals surface area (Å²) in [6, 6.07) is 11.2. The normalized spacial score (nSPS) is 20.7. The summed E-state index contributed by atoms with van der Waals surface area (Å²) in [5.74, 6) is 1.46. The third-order valence-electron chi connectivity index (χ3n) is 6.68. The predicted molar refractivity (Wildman–Crippen MR) is 129 cm³/mol. The van der Waals surface area contributed by atoms with Gasteiger partial charge in [0, 0.05) is 43.5 Å². The van der Waals surface area contributed by atoms with E-state index < -0.39 is 0 Å². The molecule has 4 heterocycles. The predicted octanol–water partition coefficient (Wildman–Crippen LogP) is 2.30. The first kappa shape index (κ1) is 20.8. The quantitative estimate of drug-likeness (QED) is 0.759. The van der Waals surface area contributed by atoms with E-state index in [0.717, 1.165) is 73.4 Å². The first-order valence-corrected chi connectivity index (χ1v) is 11.9. The van der Waals surface area contributed by atoms with E-state index in [2.05, 4.69) is 52.0 Å². The molecule has 3 aliphatic heterocycles. The van der Waals surface area contributed by atoms with Crippen LogP contribution in [-0.2, 0) is 0 Å². The van der Waals surface area contributed by atoms with Crippen LogP contribution in [0.5, 0.6) is 0 Å². The average molecular weight is 432 g/mol. The highest BCUT2D eigenvalue weighted by Gasteiger charge is 2.21. The van der Waals surface area contributed by atoms with E-state index >= 15 is 0 Å². The molecule has 1 atom stereocenters. The highest BCUT2D eigenvalue weighted by molar-refractivity contribution is 5.64. The lowest BCUT2D eigenvalue weighted by Crippen LogP contribution is -2.45. The first-order valence-electron chi connectivity index (χ1n) is 11.9. The lowest BCUT2D eigenvalue weighted by atomic mass is 10.1. The van der Waals surface area contributed by atoms with E-state index in [1.165, 1.54) is 24.9 Å². The molecule has 2 aromatic rings. The van der Waals surface area contributed by atoms with Gasteiger partial charge in [-0.05, 0) is 50.3 Å². The van der Waals surface area contributed by atoms with Crippen LogP contribution in [0.2, 0.25) is 0 Å². The van der Waals surface area contributed by atoms with E-state index in [1.54, 1.807) is 0 Å². The smallest absolute Gasteiger partial charge is 0.154 e. The minimum absolute atomic E-state index is 0.259. The molecule has 7 heteroatoms. The minimum Gasteiger partial charge on any atom is -0.386 e. The van der Waals surface area contributed by atoms with Gasteiger partial charge in [0.05, 0.1) is 30.0 Å². The molecule has 0 aliphatic carbocycles. The van der Waals surface area contributed by atoms with Gasteiger partial charge in [-0.15, -0.1) is 0 Å². The van der Waals surface area contributed by atoms with Gasteiger partial charge < -0.3 is 20.9 Å². The van der Waals surface area contributed by atoms with Crippen LogP contribution in [0.15, 0.2) is 52.7 Å². The fourth-order valence-electron chi connectivity index (χ4n) is 4.93. The fourth-order valence-corrected chi connectivity index (χ4v) is 4.93. The number of rotatable bonds is 5. The number of nitrogens with two attached hydrogens (primary N) is 1. The van der Waals surface area contributed by atoms with Crippen LogP contribution in [0.25, 0.3) is 11.3 Å². The van der Waals surface area contributed by atoms with Gasteiger partial charge in [0.1, 0.15) is 5.36 Å². The number of likely N-dealkylation sites (tertiary alicyclic amines) is 1. The van der Waals surface area contributed by atoms with Crippen molar-refractivity contribution in [3.63, 3.8) is 0 Å². The maximum Gasteiger partial charge on any atom is 0.154 e. The van der Waals surface area contributed by atoms with E-state index in [-0.39, 0.29) is 6.04 Å². The second-order valence-corrected chi connectivity index (χ2v) is 9.00. The van der Waals surface area contributed by atoms with Crippen molar-refractivity contribution in [2.24, 2.45) is 15.7 Å². The third-order valence-corrected chi connectivity index (χ3v) is 6.68. The highest BCUT2D eigenvalue weighted by atomic mass is 15.2. The van der Waals surface area contributed by atoms with Crippen LogP contribution in [0, 0.1) is 0 Å². The number of nitrogens with one attached hydrogen (secondary N) is 1. The van der Waals surface area contributed by atoms with Crippen molar-refractivity contribution < 1.29 is 0 Å². The Balaban J connectivity index is 1.43. The lowest BCUT2D eigenvalue weighted by molar-refractivity contribution is 0.267. The molecule has 5 rings (SSSR count). The number of anilines is 2. The fraction of sp³-hybridized carbons (Fsp3) is 0.480. The Kier molecular flexibility index (Phi) is 5.97. The molecule has 7 nitrogen and oxygen atoms in total. The molecular formula is C25H33N7. The van der Waals surface area contributed by atoms with Crippen molar-refractivity contribution in [2.75, 3.05) is 49.5 Å². The van der Waals surface area contributed by atoms with Crippen molar-refractivity contribution >= 4 is 11.5 Å². The van der Waals surface area contributed by atoms with Gasteiger partial charge >= 0.3 is 0 Å². The molecule has 3 aliphatic rings. The van der Waals surface area contributed by atoms with Crippen molar-refractivity contribution in [1.82, 2.24) is 9.88 Å². The van der Waals surface area contributed by atoms with Crippen LogP contribution in [0.3, 0.4) is 0 Å². The van der Waals surface area contributed by atoms with Gasteiger partial charge in [-0.1, -0.05) is 18.7 Å². The molecule has 0 spiro atoms. The molecular weight excluding hydrogens is 398 g/mol. The molecule has 2 saturated heterocycles. The average Bonchev–Trinajstić information content (AvgIpc) is 2.85. The maximum atomic E-state index is 5.95. The molecule has 32 heavy (non-hydrogen) atoms. The standard InChI is InChI=1S/C25H33N7/c1-18(26)32-15-5-6-20(17-32)29-25-24-23(27-11-12-28-24)16-22(30-25)19-7-9-21(10-8-19)31-13-3-2-4-14-31/h7-10,16,20H,1-6,11-15,17,26H2,(H,29,30). The summed E-state index contributed by atoms with van der Waals surface area (Å²) in [6.07, 6.45) is 6.06. The zero-order chi connectivity index (χ0) is 21.9. The maximum absolute atomic E-state index is 5.95. The zero-order valence-electron chi connectivity index (χ0n) is 18.8. The molecule has 0 bridgehead atoms. The van der Waals surface area contributed by atoms with Crippen LogP contribution in [0.4, 0.5) is 11.5 Å².